The number of nitrogens with zero attached hydrogens (tertiary/aromatic N) is 1. The first-order valence-corrected chi connectivity index (χ1v) is 7.50. The molecule has 0 saturated carbocycles. The Balaban J connectivity index is 2.35. The second-order valence-corrected chi connectivity index (χ2v) is 5.88. The molecular weight excluding hydrogens is 250 g/mol. The maximum absolute atomic E-state index is 12.0. The van der Waals surface area contributed by atoms with E-state index in [-0.39, 0.29) is 5.25 Å². The average molecular weight is 267 g/mol. The van der Waals surface area contributed by atoms with Crippen LogP contribution in [0.2, 0.25) is 0 Å². The summed E-state index contributed by atoms with van der Waals surface area (Å²) >= 11 is 4.48. The number of hydrogen-bond donors (Lipinski definition) is 0. The summed E-state index contributed by atoms with van der Waals surface area (Å²) in [4.78, 5) is 3.84. The van der Waals surface area contributed by atoms with Crippen LogP contribution in [0.1, 0.15) is 30.6 Å². The van der Waals surface area contributed by atoms with E-state index in [1.165, 1.54) is 0 Å². The highest BCUT2D eigenvalue weighted by Gasteiger charge is 2.12. The second kappa shape index (κ2) is 8.29. The molecule has 0 aliphatic rings. The number of unbranched alkanes of at least 4 members (excludes halogenated alkanes) is 1. The molecule has 1 rings (SSSR count). The molecular formula is C13H17NOS2. The molecule has 4 heteroatoms. The largest absolute Gasteiger partial charge is 0.259 e. The van der Waals surface area contributed by atoms with Gasteiger partial charge >= 0.3 is 0 Å². The number of benzene rings is 1. The highest BCUT2D eigenvalue weighted by molar-refractivity contribution is 7.85. The Hall–Kier alpha value is -0.830. The summed E-state index contributed by atoms with van der Waals surface area (Å²) < 4.78 is 12.0. The van der Waals surface area contributed by atoms with Crippen molar-refractivity contribution in [1.29, 1.82) is 0 Å². The molecule has 2 unspecified atom stereocenters. The molecule has 0 radical (unpaired) electrons. The van der Waals surface area contributed by atoms with Crippen molar-refractivity contribution in [2.75, 3.05) is 12.3 Å². The standard InChI is InChI=1S/C13H17NOS2/c1-12(13-7-3-2-4-8-13)17(15)10-6-5-9-14-11-16/h2-4,7-8,12H,5-6,9-10H2,1H3. The van der Waals surface area contributed by atoms with E-state index in [1.807, 2.05) is 37.3 Å². The Morgan fingerprint density at radius 2 is 2.06 bits per heavy atom. The third-order valence-electron chi connectivity index (χ3n) is 2.59. The summed E-state index contributed by atoms with van der Waals surface area (Å²) in [6.07, 6.45) is 1.85. The van der Waals surface area contributed by atoms with Gasteiger partial charge in [0.2, 0.25) is 0 Å². The third-order valence-corrected chi connectivity index (χ3v) is 4.47. The van der Waals surface area contributed by atoms with Crippen molar-refractivity contribution in [3.63, 3.8) is 0 Å². The van der Waals surface area contributed by atoms with Gasteiger partial charge in [0.15, 0.2) is 0 Å². The minimum absolute atomic E-state index is 0.102. The van der Waals surface area contributed by atoms with Gasteiger partial charge in [-0.1, -0.05) is 30.3 Å². The molecule has 0 saturated heterocycles. The summed E-state index contributed by atoms with van der Waals surface area (Å²) in [5.74, 6) is 0.725. The molecule has 92 valence electrons. The molecule has 0 aromatic heterocycles. The van der Waals surface area contributed by atoms with Gasteiger partial charge in [0.1, 0.15) is 0 Å². The molecule has 0 amide bonds. The fraction of sp³-hybridized carbons (Fsp3) is 0.462. The Kier molecular flexibility index (Phi) is 6.94. The molecule has 0 bridgehead atoms. The number of hydrogen-bond acceptors (Lipinski definition) is 3. The van der Waals surface area contributed by atoms with Crippen LogP contribution in [0.15, 0.2) is 35.3 Å². The molecule has 0 heterocycles. The molecule has 1 aromatic rings. The lowest BCUT2D eigenvalue weighted by molar-refractivity contribution is 0.670. The molecule has 2 atom stereocenters. The summed E-state index contributed by atoms with van der Waals surface area (Å²) in [5.41, 5.74) is 1.14. The zero-order valence-electron chi connectivity index (χ0n) is 9.96. The molecule has 0 spiro atoms. The van der Waals surface area contributed by atoms with E-state index in [0.29, 0.717) is 6.54 Å². The van der Waals surface area contributed by atoms with Crippen LogP contribution >= 0.6 is 12.2 Å². The van der Waals surface area contributed by atoms with Crippen LogP contribution in [0.3, 0.4) is 0 Å². The van der Waals surface area contributed by atoms with Crippen molar-refractivity contribution in [2.24, 2.45) is 4.99 Å². The number of thiocarbonyl (C=S) groups is 1. The van der Waals surface area contributed by atoms with Gasteiger partial charge in [-0.25, -0.2) is 4.99 Å². The van der Waals surface area contributed by atoms with Crippen LogP contribution in [0.5, 0.6) is 0 Å². The Bertz CT molecular complexity index is 399. The Morgan fingerprint density at radius 1 is 1.35 bits per heavy atom. The molecule has 0 aliphatic heterocycles. The SMILES string of the molecule is CC(c1ccccc1)S(=O)CCCCN=C=S. The van der Waals surface area contributed by atoms with Gasteiger partial charge in [-0.15, -0.1) is 0 Å². The predicted octanol–water partition coefficient (Wildman–Crippen LogP) is 3.38. The third kappa shape index (κ3) is 5.35. The van der Waals surface area contributed by atoms with Crippen LogP contribution in [0.25, 0.3) is 0 Å². The van der Waals surface area contributed by atoms with Crippen molar-refractivity contribution >= 4 is 28.2 Å². The van der Waals surface area contributed by atoms with Gasteiger partial charge in [0.25, 0.3) is 0 Å². The summed E-state index contributed by atoms with van der Waals surface area (Å²) in [7, 11) is -0.809. The summed E-state index contributed by atoms with van der Waals surface area (Å²) in [5, 5.41) is 2.44. The van der Waals surface area contributed by atoms with Crippen LogP contribution < -0.4 is 0 Å². The van der Waals surface area contributed by atoms with Gasteiger partial charge in [0.05, 0.1) is 10.4 Å². The normalized spacial score (nSPS) is 13.7. The van der Waals surface area contributed by atoms with E-state index in [1.54, 1.807) is 0 Å². The smallest absolute Gasteiger partial charge is 0.0584 e. The first-order chi connectivity index (χ1) is 8.25. The summed E-state index contributed by atoms with van der Waals surface area (Å²) in [6.45, 7) is 2.71. The van der Waals surface area contributed by atoms with E-state index in [4.69, 9.17) is 0 Å². The maximum Gasteiger partial charge on any atom is 0.0584 e. The van der Waals surface area contributed by atoms with Gasteiger partial charge in [-0.05, 0) is 37.5 Å². The molecule has 1 aromatic carbocycles. The zero-order valence-corrected chi connectivity index (χ0v) is 11.6. The van der Waals surface area contributed by atoms with Gasteiger partial charge in [-0.2, -0.15) is 0 Å². The van der Waals surface area contributed by atoms with Gasteiger partial charge < -0.3 is 0 Å². The lowest BCUT2D eigenvalue weighted by Gasteiger charge is -2.11. The van der Waals surface area contributed by atoms with E-state index < -0.39 is 10.8 Å². The van der Waals surface area contributed by atoms with E-state index in [2.05, 4.69) is 22.4 Å². The van der Waals surface area contributed by atoms with Crippen molar-refractivity contribution in [3.8, 4) is 0 Å². The van der Waals surface area contributed by atoms with Crippen molar-refractivity contribution in [1.82, 2.24) is 0 Å². The zero-order chi connectivity index (χ0) is 12.5. The van der Waals surface area contributed by atoms with Crippen molar-refractivity contribution in [2.45, 2.75) is 25.0 Å². The van der Waals surface area contributed by atoms with E-state index in [9.17, 15) is 4.21 Å². The highest BCUT2D eigenvalue weighted by Crippen LogP contribution is 2.19. The quantitative estimate of drug-likeness (QED) is 0.430. The van der Waals surface area contributed by atoms with Crippen LogP contribution in [-0.2, 0) is 10.8 Å². The predicted molar refractivity (Wildman–Crippen MR) is 77.0 cm³/mol. The minimum atomic E-state index is -0.809. The van der Waals surface area contributed by atoms with Crippen molar-refractivity contribution < 1.29 is 4.21 Å². The second-order valence-electron chi connectivity index (χ2n) is 3.82. The number of aliphatic imine (C=N–C) groups is 1. The Morgan fingerprint density at radius 3 is 2.71 bits per heavy atom. The van der Waals surface area contributed by atoms with Crippen LogP contribution in [-0.4, -0.2) is 21.7 Å². The van der Waals surface area contributed by atoms with Gasteiger partial charge in [0, 0.05) is 23.1 Å². The Labute approximate surface area is 111 Å². The molecule has 0 aliphatic carbocycles. The van der Waals surface area contributed by atoms with Crippen molar-refractivity contribution in [3.05, 3.63) is 35.9 Å². The number of isothiocyanates is 1. The lowest BCUT2D eigenvalue weighted by atomic mass is 10.2. The average Bonchev–Trinajstić information content (AvgIpc) is 2.38. The molecule has 2 nitrogen and oxygen atoms in total. The summed E-state index contributed by atoms with van der Waals surface area (Å²) in [6, 6.07) is 9.99. The van der Waals surface area contributed by atoms with E-state index in [0.717, 1.165) is 24.2 Å². The van der Waals surface area contributed by atoms with Gasteiger partial charge in [-0.3, -0.25) is 4.21 Å². The first-order valence-electron chi connectivity index (χ1n) is 5.71. The number of rotatable bonds is 7. The monoisotopic (exact) mass is 267 g/mol. The lowest BCUT2D eigenvalue weighted by Crippen LogP contribution is -2.07. The highest BCUT2D eigenvalue weighted by atomic mass is 32.2. The molecule has 0 N–H and O–H groups in total. The van der Waals surface area contributed by atoms with Crippen LogP contribution in [0.4, 0.5) is 0 Å². The maximum atomic E-state index is 12.0. The van der Waals surface area contributed by atoms with E-state index >= 15 is 0 Å². The fourth-order valence-electron chi connectivity index (χ4n) is 1.53. The first kappa shape index (κ1) is 14.2. The molecule has 17 heavy (non-hydrogen) atoms. The fourth-order valence-corrected chi connectivity index (χ4v) is 2.93. The van der Waals surface area contributed by atoms with Crippen LogP contribution in [0, 0.1) is 0 Å². The topological polar surface area (TPSA) is 29.4 Å². The minimum Gasteiger partial charge on any atom is -0.259 e. The molecule has 0 fully saturated rings.